The van der Waals surface area contributed by atoms with Gasteiger partial charge >= 0.3 is 0 Å². The van der Waals surface area contributed by atoms with Crippen LogP contribution in [0, 0.1) is 0 Å². The van der Waals surface area contributed by atoms with E-state index in [1.54, 1.807) is 0 Å². The van der Waals surface area contributed by atoms with Crippen molar-refractivity contribution in [2.24, 2.45) is 5.73 Å². The molecule has 0 fully saturated rings. The third kappa shape index (κ3) is 5.57. The summed E-state index contributed by atoms with van der Waals surface area (Å²) in [6.07, 6.45) is 1.03. The first-order chi connectivity index (χ1) is 6.26. The van der Waals surface area contributed by atoms with Crippen LogP contribution in [-0.2, 0) is 4.79 Å². The second-order valence-electron chi connectivity index (χ2n) is 2.72. The first-order valence-corrected chi connectivity index (χ1v) is 4.45. The summed E-state index contributed by atoms with van der Waals surface area (Å²) < 4.78 is 0. The Balaban J connectivity index is 3.80. The van der Waals surface area contributed by atoms with E-state index >= 15 is 0 Å². The largest absolute Gasteiger partial charge is 0.395 e. The maximum atomic E-state index is 11.3. The number of nitrogens with two attached hydrogens (primary N) is 1. The first-order valence-electron chi connectivity index (χ1n) is 4.45. The lowest BCUT2D eigenvalue weighted by atomic mass is 10.2. The van der Waals surface area contributed by atoms with Gasteiger partial charge in [0.1, 0.15) is 0 Å². The summed E-state index contributed by atoms with van der Waals surface area (Å²) in [6.45, 7) is 0.897. The fraction of sp³-hybridized carbons (Fsp3) is 0.875. The van der Waals surface area contributed by atoms with Gasteiger partial charge in [0.2, 0.25) is 5.91 Å². The van der Waals surface area contributed by atoms with Crippen LogP contribution >= 0.6 is 0 Å². The van der Waals surface area contributed by atoms with Crippen molar-refractivity contribution in [2.75, 3.05) is 32.8 Å². The van der Waals surface area contributed by atoms with Crippen LogP contribution in [0.4, 0.5) is 0 Å². The Morgan fingerprint density at radius 1 is 1.23 bits per heavy atom. The molecular weight excluding hydrogens is 172 g/mol. The van der Waals surface area contributed by atoms with E-state index in [1.165, 1.54) is 4.90 Å². The first kappa shape index (κ1) is 12.3. The van der Waals surface area contributed by atoms with Crippen molar-refractivity contribution in [3.8, 4) is 0 Å². The van der Waals surface area contributed by atoms with Gasteiger partial charge < -0.3 is 20.8 Å². The van der Waals surface area contributed by atoms with Crippen LogP contribution in [-0.4, -0.2) is 53.9 Å². The molecule has 5 heteroatoms. The zero-order valence-corrected chi connectivity index (χ0v) is 7.78. The highest BCUT2D eigenvalue weighted by Crippen LogP contribution is 1.96. The van der Waals surface area contributed by atoms with E-state index in [0.29, 0.717) is 19.4 Å². The van der Waals surface area contributed by atoms with Gasteiger partial charge in [-0.1, -0.05) is 0 Å². The lowest BCUT2D eigenvalue weighted by Crippen LogP contribution is -2.35. The molecule has 0 radical (unpaired) electrons. The van der Waals surface area contributed by atoms with E-state index in [9.17, 15) is 4.79 Å². The smallest absolute Gasteiger partial charge is 0.222 e. The van der Waals surface area contributed by atoms with E-state index in [4.69, 9.17) is 15.9 Å². The summed E-state index contributed by atoms with van der Waals surface area (Å²) in [7, 11) is 0. The highest BCUT2D eigenvalue weighted by molar-refractivity contribution is 5.76. The molecule has 0 saturated carbocycles. The van der Waals surface area contributed by atoms with Crippen LogP contribution < -0.4 is 5.73 Å². The van der Waals surface area contributed by atoms with Crippen molar-refractivity contribution >= 4 is 5.91 Å². The Hall–Kier alpha value is -0.650. The highest BCUT2D eigenvalue weighted by Gasteiger charge is 2.10. The summed E-state index contributed by atoms with van der Waals surface area (Å²) in [5, 5.41) is 17.3. The van der Waals surface area contributed by atoms with Crippen molar-refractivity contribution in [1.82, 2.24) is 4.90 Å². The van der Waals surface area contributed by atoms with Crippen molar-refractivity contribution in [3.05, 3.63) is 0 Å². The molecule has 0 heterocycles. The minimum absolute atomic E-state index is 0.0615. The monoisotopic (exact) mass is 190 g/mol. The Morgan fingerprint density at radius 3 is 2.15 bits per heavy atom. The van der Waals surface area contributed by atoms with E-state index in [-0.39, 0.29) is 32.2 Å². The number of amides is 1. The molecule has 0 aliphatic rings. The van der Waals surface area contributed by atoms with E-state index < -0.39 is 0 Å². The number of carbonyl (C=O) groups excluding carboxylic acids is 1. The molecule has 0 aliphatic heterocycles. The van der Waals surface area contributed by atoms with Crippen LogP contribution in [0.15, 0.2) is 0 Å². The lowest BCUT2D eigenvalue weighted by Gasteiger charge is -2.20. The van der Waals surface area contributed by atoms with Crippen LogP contribution in [0.2, 0.25) is 0 Å². The van der Waals surface area contributed by atoms with Crippen LogP contribution in [0.3, 0.4) is 0 Å². The van der Waals surface area contributed by atoms with Gasteiger partial charge in [-0.2, -0.15) is 0 Å². The van der Waals surface area contributed by atoms with Gasteiger partial charge in [-0.3, -0.25) is 4.79 Å². The summed E-state index contributed by atoms with van der Waals surface area (Å²) in [4.78, 5) is 12.8. The number of aliphatic hydroxyl groups is 2. The highest BCUT2D eigenvalue weighted by atomic mass is 16.3. The van der Waals surface area contributed by atoms with E-state index in [1.807, 2.05) is 0 Å². The molecule has 13 heavy (non-hydrogen) atoms. The Kier molecular flexibility index (Phi) is 7.57. The standard InChI is InChI=1S/C8H18N2O3/c9-3-1-2-8(13)10(4-6-11)5-7-12/h11-12H,1-7,9H2. The molecule has 0 aliphatic carbocycles. The van der Waals surface area contributed by atoms with Gasteiger partial charge in [-0.25, -0.2) is 0 Å². The molecule has 0 rings (SSSR count). The molecule has 0 aromatic carbocycles. The number of hydrogen-bond acceptors (Lipinski definition) is 4. The normalized spacial score (nSPS) is 10.1. The van der Waals surface area contributed by atoms with Crippen molar-refractivity contribution in [3.63, 3.8) is 0 Å². The fourth-order valence-corrected chi connectivity index (χ4v) is 1.01. The molecule has 5 nitrogen and oxygen atoms in total. The second kappa shape index (κ2) is 7.97. The Morgan fingerprint density at radius 2 is 1.77 bits per heavy atom. The second-order valence-corrected chi connectivity index (χ2v) is 2.72. The maximum absolute atomic E-state index is 11.3. The molecule has 4 N–H and O–H groups in total. The van der Waals surface area contributed by atoms with E-state index in [2.05, 4.69) is 0 Å². The molecule has 0 spiro atoms. The van der Waals surface area contributed by atoms with Gasteiger partial charge in [-0.15, -0.1) is 0 Å². The zero-order chi connectivity index (χ0) is 10.1. The topological polar surface area (TPSA) is 86.8 Å². The van der Waals surface area contributed by atoms with Crippen molar-refractivity contribution < 1.29 is 15.0 Å². The van der Waals surface area contributed by atoms with Gasteiger partial charge in [0.05, 0.1) is 13.2 Å². The molecule has 0 atom stereocenters. The number of aliphatic hydroxyl groups excluding tert-OH is 2. The summed E-state index contributed by atoms with van der Waals surface area (Å²) in [5.74, 6) is -0.0615. The van der Waals surface area contributed by atoms with Gasteiger partial charge in [0.15, 0.2) is 0 Å². The van der Waals surface area contributed by atoms with Crippen LogP contribution in [0.5, 0.6) is 0 Å². The van der Waals surface area contributed by atoms with Crippen LogP contribution in [0.1, 0.15) is 12.8 Å². The molecule has 0 bridgehead atoms. The zero-order valence-electron chi connectivity index (χ0n) is 7.78. The number of rotatable bonds is 7. The van der Waals surface area contributed by atoms with Crippen molar-refractivity contribution in [2.45, 2.75) is 12.8 Å². The molecule has 0 saturated heterocycles. The van der Waals surface area contributed by atoms with E-state index in [0.717, 1.165) is 0 Å². The van der Waals surface area contributed by atoms with Gasteiger partial charge in [0, 0.05) is 19.5 Å². The Bertz CT molecular complexity index is 135. The lowest BCUT2D eigenvalue weighted by molar-refractivity contribution is -0.132. The summed E-state index contributed by atoms with van der Waals surface area (Å²) in [5.41, 5.74) is 5.26. The average Bonchev–Trinajstić information content (AvgIpc) is 2.14. The van der Waals surface area contributed by atoms with Gasteiger partial charge in [-0.05, 0) is 13.0 Å². The summed E-state index contributed by atoms with van der Waals surface area (Å²) >= 11 is 0. The molecule has 0 aromatic rings. The van der Waals surface area contributed by atoms with Crippen LogP contribution in [0.25, 0.3) is 0 Å². The minimum Gasteiger partial charge on any atom is -0.395 e. The number of nitrogens with zero attached hydrogens (tertiary/aromatic N) is 1. The number of carbonyl (C=O) groups is 1. The molecule has 1 amide bonds. The quantitative estimate of drug-likeness (QED) is 0.458. The number of hydrogen-bond donors (Lipinski definition) is 3. The third-order valence-corrected chi connectivity index (χ3v) is 1.69. The average molecular weight is 190 g/mol. The molecule has 0 aromatic heterocycles. The minimum atomic E-state index is -0.0750. The molecule has 0 unspecified atom stereocenters. The predicted octanol–water partition coefficient (Wildman–Crippen LogP) is -1.46. The molecular formula is C8H18N2O3. The SMILES string of the molecule is NCCCC(=O)N(CCO)CCO. The molecule has 78 valence electrons. The summed E-state index contributed by atoms with van der Waals surface area (Å²) in [6, 6.07) is 0. The maximum Gasteiger partial charge on any atom is 0.222 e. The fourth-order valence-electron chi connectivity index (χ4n) is 1.01. The predicted molar refractivity (Wildman–Crippen MR) is 49.0 cm³/mol. The van der Waals surface area contributed by atoms with Gasteiger partial charge in [0.25, 0.3) is 0 Å². The Labute approximate surface area is 78.1 Å². The third-order valence-electron chi connectivity index (χ3n) is 1.69. The van der Waals surface area contributed by atoms with Crippen molar-refractivity contribution in [1.29, 1.82) is 0 Å².